The van der Waals surface area contributed by atoms with Gasteiger partial charge in [0.05, 0.1) is 10.5 Å². The summed E-state index contributed by atoms with van der Waals surface area (Å²) < 4.78 is 65.4. The van der Waals surface area contributed by atoms with Gasteiger partial charge in [-0.15, -0.1) is 0 Å². The lowest BCUT2D eigenvalue weighted by atomic mass is 10.1. The molecule has 0 aromatic heterocycles. The summed E-state index contributed by atoms with van der Waals surface area (Å²) in [6, 6.07) is 8.38. The monoisotopic (exact) mass is 386 g/mol. The third-order valence-electron chi connectivity index (χ3n) is 3.43. The zero-order valence-electron chi connectivity index (χ0n) is 13.4. The molecule has 0 aliphatic rings. The van der Waals surface area contributed by atoms with Crippen molar-refractivity contribution in [2.45, 2.75) is 23.7 Å². The maximum Gasteiger partial charge on any atom is 0.341 e. The Balaban J connectivity index is 2.09. The Kier molecular flexibility index (Phi) is 5.81. The first-order chi connectivity index (χ1) is 12.1. The molecular weight excluding hydrogens is 373 g/mol. The molecule has 1 atom stereocenters. The molecule has 0 amide bonds. The quantitative estimate of drug-likeness (QED) is 0.563. The maximum atomic E-state index is 12.9. The summed E-state index contributed by atoms with van der Waals surface area (Å²) in [5, 5.41) is 0. The number of hydrogen-bond donors (Lipinski definition) is 0. The summed E-state index contributed by atoms with van der Waals surface area (Å²) in [4.78, 5) is 23.5. The van der Waals surface area contributed by atoms with Crippen LogP contribution >= 0.6 is 0 Å². The fourth-order valence-electron chi connectivity index (χ4n) is 2.01. The number of alkyl halides is 2. The van der Waals surface area contributed by atoms with Crippen LogP contribution in [0.4, 0.5) is 13.2 Å². The van der Waals surface area contributed by atoms with Gasteiger partial charge in [0.1, 0.15) is 5.82 Å². The molecule has 0 radical (unpaired) electrons. The number of carbonyl (C=O) groups excluding carboxylic acids is 2. The molecule has 0 aliphatic heterocycles. The lowest BCUT2D eigenvalue weighted by Crippen LogP contribution is -2.24. The molecule has 0 spiro atoms. The number of halogens is 3. The Morgan fingerprint density at radius 2 is 1.42 bits per heavy atom. The zero-order chi connectivity index (χ0) is 19.5. The molecule has 0 N–H and O–H groups in total. The second kappa shape index (κ2) is 7.69. The molecule has 2 aromatic carbocycles. The van der Waals surface area contributed by atoms with Gasteiger partial charge in [-0.2, -0.15) is 8.78 Å². The van der Waals surface area contributed by atoms with Crippen molar-refractivity contribution in [3.63, 3.8) is 0 Å². The highest BCUT2D eigenvalue weighted by atomic mass is 32.2. The Morgan fingerprint density at radius 3 is 1.92 bits per heavy atom. The Labute approximate surface area is 147 Å². The summed E-state index contributed by atoms with van der Waals surface area (Å²) >= 11 is 0. The molecule has 9 heteroatoms. The number of esters is 1. The number of carbonyl (C=O) groups is 2. The molecule has 5 nitrogen and oxygen atoms in total. The molecule has 0 bridgehead atoms. The number of rotatable bonds is 6. The Hall–Kier alpha value is -2.68. The van der Waals surface area contributed by atoms with Gasteiger partial charge in [0.25, 0.3) is 0 Å². The summed E-state index contributed by atoms with van der Waals surface area (Å²) in [5.41, 5.74) is 0.0297. The molecule has 2 aromatic rings. The van der Waals surface area contributed by atoms with Crippen LogP contribution < -0.4 is 0 Å². The highest BCUT2D eigenvalue weighted by molar-refractivity contribution is 7.91. The van der Waals surface area contributed by atoms with E-state index in [1.807, 2.05) is 0 Å². The molecule has 2 rings (SSSR count). The van der Waals surface area contributed by atoms with Crippen molar-refractivity contribution in [3.05, 3.63) is 65.5 Å². The SMILES string of the molecule is CC(OC(=O)c1ccc(S(=O)(=O)C(F)F)cc1)C(=O)c1ccc(F)cc1. The topological polar surface area (TPSA) is 77.5 Å². The summed E-state index contributed by atoms with van der Waals surface area (Å²) in [7, 11) is -4.77. The van der Waals surface area contributed by atoms with Crippen LogP contribution in [0.25, 0.3) is 0 Å². The molecular formula is C17H13F3O5S. The average molecular weight is 386 g/mol. The van der Waals surface area contributed by atoms with E-state index in [0.29, 0.717) is 0 Å². The molecule has 1 unspecified atom stereocenters. The smallest absolute Gasteiger partial charge is 0.341 e. The number of ether oxygens (including phenoxy) is 1. The van der Waals surface area contributed by atoms with Gasteiger partial charge in [-0.1, -0.05) is 0 Å². The van der Waals surface area contributed by atoms with Crippen molar-refractivity contribution in [3.8, 4) is 0 Å². The third-order valence-corrected chi connectivity index (χ3v) is 4.83. The lowest BCUT2D eigenvalue weighted by molar-refractivity contribution is 0.0318. The minimum atomic E-state index is -4.77. The van der Waals surface area contributed by atoms with Gasteiger partial charge in [-0.3, -0.25) is 4.79 Å². The van der Waals surface area contributed by atoms with E-state index < -0.39 is 44.2 Å². The highest BCUT2D eigenvalue weighted by Gasteiger charge is 2.27. The number of benzene rings is 2. The lowest BCUT2D eigenvalue weighted by Gasteiger charge is -2.12. The highest BCUT2D eigenvalue weighted by Crippen LogP contribution is 2.19. The number of sulfone groups is 1. The molecule has 138 valence electrons. The minimum Gasteiger partial charge on any atom is -0.451 e. The Bertz CT molecular complexity index is 906. The van der Waals surface area contributed by atoms with Crippen LogP contribution in [-0.2, 0) is 14.6 Å². The third kappa shape index (κ3) is 4.29. The first kappa shape index (κ1) is 19.6. The van der Waals surface area contributed by atoms with E-state index in [2.05, 4.69) is 0 Å². The fourth-order valence-corrected chi connectivity index (χ4v) is 2.74. The normalized spacial score (nSPS) is 12.7. The van der Waals surface area contributed by atoms with Gasteiger partial charge < -0.3 is 4.74 Å². The van der Waals surface area contributed by atoms with E-state index in [-0.39, 0.29) is 11.1 Å². The van der Waals surface area contributed by atoms with E-state index in [1.165, 1.54) is 19.1 Å². The first-order valence-electron chi connectivity index (χ1n) is 7.26. The second-order valence-electron chi connectivity index (χ2n) is 5.25. The molecule has 0 aliphatic carbocycles. The van der Waals surface area contributed by atoms with E-state index in [0.717, 1.165) is 36.4 Å². The number of ketones is 1. The van der Waals surface area contributed by atoms with Crippen LogP contribution in [0.1, 0.15) is 27.6 Å². The van der Waals surface area contributed by atoms with Crippen molar-refractivity contribution >= 4 is 21.6 Å². The average Bonchev–Trinajstić information content (AvgIpc) is 2.61. The Morgan fingerprint density at radius 1 is 0.923 bits per heavy atom. The minimum absolute atomic E-state index is 0.114. The second-order valence-corrected chi connectivity index (χ2v) is 7.17. The van der Waals surface area contributed by atoms with Gasteiger partial charge in [-0.05, 0) is 55.5 Å². The zero-order valence-corrected chi connectivity index (χ0v) is 14.2. The molecule has 0 fully saturated rings. The van der Waals surface area contributed by atoms with E-state index in [1.54, 1.807) is 0 Å². The van der Waals surface area contributed by atoms with E-state index in [9.17, 15) is 31.2 Å². The van der Waals surface area contributed by atoms with Crippen molar-refractivity contribution in [2.24, 2.45) is 0 Å². The number of hydrogen-bond acceptors (Lipinski definition) is 5. The van der Waals surface area contributed by atoms with E-state index in [4.69, 9.17) is 4.74 Å². The van der Waals surface area contributed by atoms with Crippen LogP contribution in [-0.4, -0.2) is 32.0 Å². The summed E-state index contributed by atoms with van der Waals surface area (Å²) in [6.45, 7) is 1.32. The first-order valence-corrected chi connectivity index (χ1v) is 8.80. The van der Waals surface area contributed by atoms with Crippen molar-refractivity contribution in [2.75, 3.05) is 0 Å². The predicted molar refractivity (Wildman–Crippen MR) is 85.2 cm³/mol. The van der Waals surface area contributed by atoms with Crippen LogP contribution in [0, 0.1) is 5.82 Å². The van der Waals surface area contributed by atoms with Gasteiger partial charge in [0, 0.05) is 5.56 Å². The molecule has 0 saturated heterocycles. The van der Waals surface area contributed by atoms with Crippen LogP contribution in [0.3, 0.4) is 0 Å². The summed E-state index contributed by atoms with van der Waals surface area (Å²) in [6.07, 6.45) is -1.18. The van der Waals surface area contributed by atoms with Gasteiger partial charge in [-0.25, -0.2) is 17.6 Å². The molecule has 0 heterocycles. The van der Waals surface area contributed by atoms with Crippen molar-refractivity contribution in [1.82, 2.24) is 0 Å². The largest absolute Gasteiger partial charge is 0.451 e. The fraction of sp³-hybridized carbons (Fsp3) is 0.176. The number of Topliss-reactive ketones (excluding diaryl/α,β-unsaturated/α-hetero) is 1. The molecule has 0 saturated carbocycles. The predicted octanol–water partition coefficient (Wildman–Crippen LogP) is 3.25. The molecule has 26 heavy (non-hydrogen) atoms. The summed E-state index contributed by atoms with van der Waals surface area (Å²) in [5.74, 6) is -5.59. The van der Waals surface area contributed by atoms with E-state index >= 15 is 0 Å². The van der Waals surface area contributed by atoms with Gasteiger partial charge in [0.15, 0.2) is 6.10 Å². The van der Waals surface area contributed by atoms with Crippen LogP contribution in [0.2, 0.25) is 0 Å². The maximum absolute atomic E-state index is 12.9. The van der Waals surface area contributed by atoms with Crippen LogP contribution in [0.5, 0.6) is 0 Å². The van der Waals surface area contributed by atoms with Gasteiger partial charge >= 0.3 is 11.7 Å². The van der Waals surface area contributed by atoms with Crippen LogP contribution in [0.15, 0.2) is 53.4 Å². The van der Waals surface area contributed by atoms with Gasteiger partial charge in [0.2, 0.25) is 15.6 Å². The van der Waals surface area contributed by atoms with Crippen molar-refractivity contribution < 1.29 is 35.9 Å². The van der Waals surface area contributed by atoms with Crippen molar-refractivity contribution in [1.29, 1.82) is 0 Å². The standard InChI is InChI=1S/C17H13F3O5S/c1-10(15(21)11-2-6-13(18)7-3-11)25-16(22)12-4-8-14(9-5-12)26(23,24)17(19)20/h2-10,17H,1H3.